The number of aryl methyl sites for hydroxylation is 2. The van der Waals surface area contributed by atoms with Crippen molar-refractivity contribution < 1.29 is 4.74 Å². The molecule has 1 nitrogen and oxygen atoms in total. The fraction of sp³-hybridized carbons (Fsp3) is 0.333. The zero-order chi connectivity index (χ0) is 9.84. The Morgan fingerprint density at radius 3 is 2.08 bits per heavy atom. The molecule has 0 N–H and O–H groups in total. The molecule has 0 unspecified atom stereocenters. The van der Waals surface area contributed by atoms with Crippen LogP contribution in [0.1, 0.15) is 25.0 Å². The van der Waals surface area contributed by atoms with Gasteiger partial charge in [0.05, 0.1) is 6.26 Å². The summed E-state index contributed by atoms with van der Waals surface area (Å²) in [7, 11) is 0. The van der Waals surface area contributed by atoms with Crippen molar-refractivity contribution in [1.82, 2.24) is 0 Å². The average molecular weight is 176 g/mol. The van der Waals surface area contributed by atoms with Crippen LogP contribution in [0.2, 0.25) is 0 Å². The van der Waals surface area contributed by atoms with E-state index in [1.54, 1.807) is 6.26 Å². The number of benzene rings is 1. The van der Waals surface area contributed by atoms with Crippen LogP contribution in [0.15, 0.2) is 30.0 Å². The highest BCUT2D eigenvalue weighted by Crippen LogP contribution is 2.16. The molecule has 1 heteroatoms. The van der Waals surface area contributed by atoms with Crippen molar-refractivity contribution in [2.75, 3.05) is 0 Å². The lowest BCUT2D eigenvalue weighted by molar-refractivity contribution is 0.475. The first kappa shape index (κ1) is 9.85. The van der Waals surface area contributed by atoms with Crippen molar-refractivity contribution in [3.05, 3.63) is 41.2 Å². The molecule has 0 aliphatic heterocycles. The summed E-state index contributed by atoms with van der Waals surface area (Å²) in [5, 5.41) is 0. The summed E-state index contributed by atoms with van der Waals surface area (Å²) >= 11 is 0. The Labute approximate surface area is 80.0 Å². The first-order valence-corrected chi connectivity index (χ1v) is 4.46. The Bertz CT molecular complexity index is 300. The minimum atomic E-state index is 0.915. The highest BCUT2D eigenvalue weighted by Gasteiger charge is 1.94. The summed E-state index contributed by atoms with van der Waals surface area (Å²) in [5.74, 6) is 0.915. The van der Waals surface area contributed by atoms with E-state index in [2.05, 4.69) is 19.9 Å². The Morgan fingerprint density at radius 1 is 1.08 bits per heavy atom. The second-order valence-electron chi connectivity index (χ2n) is 3.64. The molecule has 0 aromatic heterocycles. The van der Waals surface area contributed by atoms with Gasteiger partial charge in [-0.3, -0.25) is 0 Å². The SMILES string of the molecule is CC(C)=COc1cc(C)cc(C)c1. The molecule has 0 aliphatic rings. The third-order valence-electron chi connectivity index (χ3n) is 1.63. The van der Waals surface area contributed by atoms with E-state index in [-0.39, 0.29) is 0 Å². The molecule has 0 amide bonds. The molecular formula is C12H16O. The van der Waals surface area contributed by atoms with Crippen LogP contribution in [0.3, 0.4) is 0 Å². The van der Waals surface area contributed by atoms with E-state index < -0.39 is 0 Å². The van der Waals surface area contributed by atoms with Gasteiger partial charge in [0.15, 0.2) is 0 Å². The van der Waals surface area contributed by atoms with E-state index in [1.807, 2.05) is 26.0 Å². The van der Waals surface area contributed by atoms with E-state index in [4.69, 9.17) is 4.74 Å². The smallest absolute Gasteiger partial charge is 0.127 e. The van der Waals surface area contributed by atoms with Gasteiger partial charge in [0.2, 0.25) is 0 Å². The van der Waals surface area contributed by atoms with Crippen LogP contribution >= 0.6 is 0 Å². The van der Waals surface area contributed by atoms with E-state index in [0.717, 1.165) is 5.75 Å². The monoisotopic (exact) mass is 176 g/mol. The van der Waals surface area contributed by atoms with Gasteiger partial charge in [0.25, 0.3) is 0 Å². The fourth-order valence-electron chi connectivity index (χ4n) is 1.19. The van der Waals surface area contributed by atoms with Crippen molar-refractivity contribution >= 4 is 0 Å². The summed E-state index contributed by atoms with van der Waals surface area (Å²) < 4.78 is 5.47. The summed E-state index contributed by atoms with van der Waals surface area (Å²) in [4.78, 5) is 0. The van der Waals surface area contributed by atoms with Crippen LogP contribution in [-0.4, -0.2) is 0 Å². The molecule has 1 aromatic rings. The molecule has 0 saturated heterocycles. The van der Waals surface area contributed by atoms with E-state index >= 15 is 0 Å². The number of hydrogen-bond donors (Lipinski definition) is 0. The standard InChI is InChI=1S/C12H16O/c1-9(2)8-13-12-6-10(3)5-11(4)7-12/h5-8H,1-4H3. The molecule has 0 atom stereocenters. The van der Waals surface area contributed by atoms with E-state index in [9.17, 15) is 0 Å². The van der Waals surface area contributed by atoms with Crippen LogP contribution in [0.4, 0.5) is 0 Å². The minimum Gasteiger partial charge on any atom is -0.465 e. The zero-order valence-corrected chi connectivity index (χ0v) is 8.72. The van der Waals surface area contributed by atoms with Crippen LogP contribution in [0.25, 0.3) is 0 Å². The normalized spacial score (nSPS) is 9.54. The average Bonchev–Trinajstić information content (AvgIpc) is 1.99. The number of hydrogen-bond acceptors (Lipinski definition) is 1. The molecule has 13 heavy (non-hydrogen) atoms. The second kappa shape index (κ2) is 4.13. The Morgan fingerprint density at radius 2 is 1.62 bits per heavy atom. The Balaban J connectivity index is 2.83. The van der Waals surface area contributed by atoms with Gasteiger partial charge < -0.3 is 4.74 Å². The molecule has 0 saturated carbocycles. The van der Waals surface area contributed by atoms with Crippen molar-refractivity contribution in [2.45, 2.75) is 27.7 Å². The summed E-state index contributed by atoms with van der Waals surface area (Å²) in [6.07, 6.45) is 1.77. The first-order chi connectivity index (χ1) is 6.08. The van der Waals surface area contributed by atoms with Crippen molar-refractivity contribution in [2.24, 2.45) is 0 Å². The predicted octanol–water partition coefficient (Wildman–Crippen LogP) is 3.61. The highest BCUT2D eigenvalue weighted by molar-refractivity contribution is 5.33. The van der Waals surface area contributed by atoms with Crippen molar-refractivity contribution in [3.63, 3.8) is 0 Å². The third-order valence-corrected chi connectivity index (χ3v) is 1.63. The van der Waals surface area contributed by atoms with Gasteiger partial charge in [0, 0.05) is 0 Å². The molecule has 0 radical (unpaired) electrons. The lowest BCUT2D eigenvalue weighted by Crippen LogP contribution is -1.86. The number of rotatable bonds is 2. The highest BCUT2D eigenvalue weighted by atomic mass is 16.5. The van der Waals surface area contributed by atoms with Crippen LogP contribution in [-0.2, 0) is 0 Å². The first-order valence-electron chi connectivity index (χ1n) is 4.46. The quantitative estimate of drug-likeness (QED) is 0.625. The zero-order valence-electron chi connectivity index (χ0n) is 8.72. The van der Waals surface area contributed by atoms with Gasteiger partial charge in [0.1, 0.15) is 5.75 Å². The molecule has 0 heterocycles. The summed E-state index contributed by atoms with van der Waals surface area (Å²) in [5.41, 5.74) is 3.63. The molecule has 0 aliphatic carbocycles. The molecule has 0 bridgehead atoms. The lowest BCUT2D eigenvalue weighted by Gasteiger charge is -2.03. The van der Waals surface area contributed by atoms with Gasteiger partial charge in [-0.2, -0.15) is 0 Å². The maximum Gasteiger partial charge on any atom is 0.127 e. The van der Waals surface area contributed by atoms with E-state index in [1.165, 1.54) is 16.7 Å². The molecule has 1 rings (SSSR count). The topological polar surface area (TPSA) is 9.23 Å². The second-order valence-corrected chi connectivity index (χ2v) is 3.64. The van der Waals surface area contributed by atoms with Gasteiger partial charge >= 0.3 is 0 Å². The van der Waals surface area contributed by atoms with Gasteiger partial charge in [-0.05, 0) is 56.5 Å². The number of allylic oxidation sites excluding steroid dienone is 1. The maximum absolute atomic E-state index is 5.47. The van der Waals surface area contributed by atoms with Crippen molar-refractivity contribution in [3.8, 4) is 5.75 Å². The predicted molar refractivity (Wildman–Crippen MR) is 56.0 cm³/mol. The number of ether oxygens (including phenoxy) is 1. The fourth-order valence-corrected chi connectivity index (χ4v) is 1.19. The Kier molecular flexibility index (Phi) is 3.13. The summed E-state index contributed by atoms with van der Waals surface area (Å²) in [6.45, 7) is 8.18. The van der Waals surface area contributed by atoms with Gasteiger partial charge in [-0.25, -0.2) is 0 Å². The van der Waals surface area contributed by atoms with E-state index in [0.29, 0.717) is 0 Å². The van der Waals surface area contributed by atoms with Gasteiger partial charge in [-0.15, -0.1) is 0 Å². The minimum absolute atomic E-state index is 0.915. The molecule has 70 valence electrons. The Hall–Kier alpha value is -1.24. The third kappa shape index (κ3) is 3.32. The largest absolute Gasteiger partial charge is 0.465 e. The summed E-state index contributed by atoms with van der Waals surface area (Å²) in [6, 6.07) is 6.20. The van der Waals surface area contributed by atoms with Crippen LogP contribution < -0.4 is 4.74 Å². The molecular weight excluding hydrogens is 160 g/mol. The molecule has 1 aromatic carbocycles. The molecule has 0 fully saturated rings. The van der Waals surface area contributed by atoms with Crippen molar-refractivity contribution in [1.29, 1.82) is 0 Å². The van der Waals surface area contributed by atoms with Gasteiger partial charge in [-0.1, -0.05) is 6.07 Å². The van der Waals surface area contributed by atoms with Crippen LogP contribution in [0, 0.1) is 13.8 Å². The lowest BCUT2D eigenvalue weighted by atomic mass is 10.1. The maximum atomic E-state index is 5.47. The van der Waals surface area contributed by atoms with Crippen LogP contribution in [0.5, 0.6) is 5.75 Å². The molecule has 0 spiro atoms.